The van der Waals surface area contributed by atoms with Crippen LogP contribution < -0.4 is 5.73 Å². The van der Waals surface area contributed by atoms with Gasteiger partial charge in [-0.1, -0.05) is 18.2 Å². The van der Waals surface area contributed by atoms with Crippen molar-refractivity contribution < 1.29 is 4.74 Å². The fourth-order valence-electron chi connectivity index (χ4n) is 3.01. The maximum absolute atomic E-state index is 6.03. The molecule has 0 spiro atoms. The zero-order valence-corrected chi connectivity index (χ0v) is 13.1. The van der Waals surface area contributed by atoms with Crippen molar-refractivity contribution >= 4 is 0 Å². The third-order valence-corrected chi connectivity index (χ3v) is 4.56. The molecular formula is C17H28N2O. The number of benzene rings is 1. The molecule has 0 saturated carbocycles. The molecule has 0 amide bonds. The standard InChI is InChI=1S/C17H28N2O/c1-13-4-5-16(10-14(13)2)17(11-18)19(3)12-15-6-8-20-9-7-15/h4-5,10,15,17H,6-9,11-12,18H2,1-3H3. The summed E-state index contributed by atoms with van der Waals surface area (Å²) in [6, 6.07) is 7.03. The van der Waals surface area contributed by atoms with Gasteiger partial charge in [-0.15, -0.1) is 0 Å². The Morgan fingerprint density at radius 1 is 1.25 bits per heavy atom. The number of nitrogens with two attached hydrogens (primary N) is 1. The van der Waals surface area contributed by atoms with Crippen LogP contribution in [0.5, 0.6) is 0 Å². The Balaban J connectivity index is 2.03. The first-order valence-electron chi connectivity index (χ1n) is 7.67. The molecule has 1 saturated heterocycles. The van der Waals surface area contributed by atoms with Gasteiger partial charge in [0.15, 0.2) is 0 Å². The summed E-state index contributed by atoms with van der Waals surface area (Å²) in [4.78, 5) is 2.42. The SMILES string of the molecule is Cc1ccc(C(CN)N(C)CC2CCOCC2)cc1C. The number of aryl methyl sites for hydroxylation is 2. The zero-order chi connectivity index (χ0) is 14.5. The molecule has 1 unspecified atom stereocenters. The Morgan fingerprint density at radius 2 is 1.95 bits per heavy atom. The number of hydrogen-bond acceptors (Lipinski definition) is 3. The topological polar surface area (TPSA) is 38.5 Å². The Labute approximate surface area is 123 Å². The molecular weight excluding hydrogens is 248 g/mol. The maximum Gasteiger partial charge on any atom is 0.0469 e. The van der Waals surface area contributed by atoms with Crippen molar-refractivity contribution in [1.82, 2.24) is 4.90 Å². The van der Waals surface area contributed by atoms with Gasteiger partial charge in [0.1, 0.15) is 0 Å². The minimum Gasteiger partial charge on any atom is -0.381 e. The van der Waals surface area contributed by atoms with Crippen molar-refractivity contribution in [2.45, 2.75) is 32.7 Å². The largest absolute Gasteiger partial charge is 0.381 e. The first kappa shape index (κ1) is 15.5. The van der Waals surface area contributed by atoms with Gasteiger partial charge in [0.05, 0.1) is 0 Å². The van der Waals surface area contributed by atoms with E-state index in [1.807, 2.05) is 0 Å². The van der Waals surface area contributed by atoms with E-state index in [-0.39, 0.29) is 0 Å². The van der Waals surface area contributed by atoms with Crippen LogP contribution in [0.15, 0.2) is 18.2 Å². The average Bonchev–Trinajstić information content (AvgIpc) is 2.44. The Hall–Kier alpha value is -0.900. The highest BCUT2D eigenvalue weighted by Gasteiger charge is 2.21. The molecule has 3 nitrogen and oxygen atoms in total. The van der Waals surface area contributed by atoms with E-state index in [1.54, 1.807) is 0 Å². The van der Waals surface area contributed by atoms with Crippen LogP contribution in [-0.4, -0.2) is 38.3 Å². The average molecular weight is 276 g/mol. The van der Waals surface area contributed by atoms with Crippen molar-refractivity contribution in [3.63, 3.8) is 0 Å². The third kappa shape index (κ3) is 3.81. The highest BCUT2D eigenvalue weighted by atomic mass is 16.5. The van der Waals surface area contributed by atoms with Crippen LogP contribution in [0.2, 0.25) is 0 Å². The van der Waals surface area contributed by atoms with E-state index < -0.39 is 0 Å². The minimum absolute atomic E-state index is 0.317. The third-order valence-electron chi connectivity index (χ3n) is 4.56. The Morgan fingerprint density at radius 3 is 2.55 bits per heavy atom. The molecule has 1 fully saturated rings. The van der Waals surface area contributed by atoms with E-state index in [9.17, 15) is 0 Å². The van der Waals surface area contributed by atoms with Gasteiger partial charge < -0.3 is 10.5 Å². The van der Waals surface area contributed by atoms with Crippen molar-refractivity contribution in [3.8, 4) is 0 Å². The molecule has 0 bridgehead atoms. The number of rotatable bonds is 5. The van der Waals surface area contributed by atoms with Gasteiger partial charge in [-0.05, 0) is 56.3 Å². The molecule has 20 heavy (non-hydrogen) atoms. The maximum atomic E-state index is 6.03. The predicted molar refractivity (Wildman–Crippen MR) is 83.9 cm³/mol. The van der Waals surface area contributed by atoms with E-state index >= 15 is 0 Å². The summed E-state index contributed by atoms with van der Waals surface area (Å²) in [6.07, 6.45) is 2.35. The Kier molecular flexibility index (Phi) is 5.58. The summed E-state index contributed by atoms with van der Waals surface area (Å²) in [5.74, 6) is 0.745. The summed E-state index contributed by atoms with van der Waals surface area (Å²) in [5.41, 5.74) is 10.1. The van der Waals surface area contributed by atoms with Crippen molar-refractivity contribution in [3.05, 3.63) is 34.9 Å². The van der Waals surface area contributed by atoms with Crippen LogP contribution in [0.3, 0.4) is 0 Å². The summed E-state index contributed by atoms with van der Waals surface area (Å²) in [7, 11) is 2.20. The minimum atomic E-state index is 0.317. The lowest BCUT2D eigenvalue weighted by atomic mass is 9.96. The van der Waals surface area contributed by atoms with Crippen LogP contribution >= 0.6 is 0 Å². The van der Waals surface area contributed by atoms with Crippen LogP contribution in [0.25, 0.3) is 0 Å². The monoisotopic (exact) mass is 276 g/mol. The molecule has 2 N–H and O–H groups in total. The van der Waals surface area contributed by atoms with Crippen LogP contribution in [-0.2, 0) is 4.74 Å². The molecule has 1 heterocycles. The second-order valence-corrected chi connectivity index (χ2v) is 6.09. The van der Waals surface area contributed by atoms with E-state index in [4.69, 9.17) is 10.5 Å². The molecule has 1 aromatic rings. The molecule has 1 aromatic carbocycles. The number of hydrogen-bond donors (Lipinski definition) is 1. The van der Waals surface area contributed by atoms with Gasteiger partial charge in [-0.25, -0.2) is 0 Å². The molecule has 3 heteroatoms. The molecule has 1 atom stereocenters. The highest BCUT2D eigenvalue weighted by Crippen LogP contribution is 2.24. The fraction of sp³-hybridized carbons (Fsp3) is 0.647. The van der Waals surface area contributed by atoms with E-state index in [0.717, 1.165) is 25.7 Å². The van der Waals surface area contributed by atoms with Crippen molar-refractivity contribution in [1.29, 1.82) is 0 Å². The summed E-state index contributed by atoms with van der Waals surface area (Å²) in [6.45, 7) is 7.93. The number of likely N-dealkylation sites (N-methyl/N-ethyl adjacent to an activating group) is 1. The summed E-state index contributed by atoms with van der Waals surface area (Å²) < 4.78 is 5.44. The molecule has 1 aliphatic heterocycles. The first-order valence-corrected chi connectivity index (χ1v) is 7.67. The Bertz CT molecular complexity index is 427. The predicted octanol–water partition coefficient (Wildman–Crippen LogP) is 2.66. The lowest BCUT2D eigenvalue weighted by molar-refractivity contribution is 0.0507. The molecule has 112 valence electrons. The highest BCUT2D eigenvalue weighted by molar-refractivity contribution is 5.31. The lowest BCUT2D eigenvalue weighted by Crippen LogP contribution is -2.36. The smallest absolute Gasteiger partial charge is 0.0469 e. The van der Waals surface area contributed by atoms with E-state index in [2.05, 4.69) is 44.0 Å². The van der Waals surface area contributed by atoms with Gasteiger partial charge in [0.2, 0.25) is 0 Å². The van der Waals surface area contributed by atoms with Crippen molar-refractivity contribution in [2.24, 2.45) is 11.7 Å². The van der Waals surface area contributed by atoms with Crippen LogP contribution in [0.4, 0.5) is 0 Å². The van der Waals surface area contributed by atoms with Gasteiger partial charge >= 0.3 is 0 Å². The second-order valence-electron chi connectivity index (χ2n) is 6.09. The van der Waals surface area contributed by atoms with Crippen LogP contribution in [0, 0.1) is 19.8 Å². The first-order chi connectivity index (χ1) is 9.61. The van der Waals surface area contributed by atoms with Crippen molar-refractivity contribution in [2.75, 3.05) is 33.4 Å². The van der Waals surface area contributed by atoms with Gasteiger partial charge in [0.25, 0.3) is 0 Å². The normalized spacial score (nSPS) is 18.4. The summed E-state index contributed by atoms with van der Waals surface area (Å²) >= 11 is 0. The molecule has 0 radical (unpaired) electrons. The van der Waals surface area contributed by atoms with Gasteiger partial charge in [-0.3, -0.25) is 4.90 Å². The molecule has 2 rings (SSSR count). The van der Waals surface area contributed by atoms with E-state index in [1.165, 1.54) is 29.5 Å². The fourth-order valence-corrected chi connectivity index (χ4v) is 3.01. The molecule has 1 aliphatic rings. The lowest BCUT2D eigenvalue weighted by Gasteiger charge is -2.32. The van der Waals surface area contributed by atoms with E-state index in [0.29, 0.717) is 12.6 Å². The summed E-state index contributed by atoms with van der Waals surface area (Å²) in [5, 5.41) is 0. The second kappa shape index (κ2) is 7.21. The quantitative estimate of drug-likeness (QED) is 0.898. The molecule has 0 aliphatic carbocycles. The van der Waals surface area contributed by atoms with Gasteiger partial charge in [-0.2, -0.15) is 0 Å². The zero-order valence-electron chi connectivity index (χ0n) is 13.1. The van der Waals surface area contributed by atoms with Gasteiger partial charge in [0, 0.05) is 32.3 Å². The van der Waals surface area contributed by atoms with Crippen LogP contribution in [0.1, 0.15) is 35.6 Å². The molecule has 0 aromatic heterocycles. The number of ether oxygens (including phenoxy) is 1. The number of nitrogens with zero attached hydrogens (tertiary/aromatic N) is 1.